The number of hydrogen-bond donors (Lipinski definition) is 4. The number of ether oxygens (including phenoxy) is 1. The number of carboxylic acids is 1. The Bertz CT molecular complexity index is 1350. The highest BCUT2D eigenvalue weighted by atomic mass is 35.5. The summed E-state index contributed by atoms with van der Waals surface area (Å²) in [6, 6.07) is 10.0. The van der Waals surface area contributed by atoms with E-state index in [4.69, 9.17) is 26.2 Å². The van der Waals surface area contributed by atoms with Crippen LogP contribution in [0.1, 0.15) is 33.7 Å². The Morgan fingerprint density at radius 2 is 1.73 bits per heavy atom. The maximum absolute atomic E-state index is 13.9. The molecule has 1 aromatic carbocycles. The minimum absolute atomic E-state index is 0.00876. The number of amides is 2. The van der Waals surface area contributed by atoms with E-state index in [0.29, 0.717) is 5.02 Å². The predicted molar refractivity (Wildman–Crippen MR) is 136 cm³/mol. The zero-order valence-corrected chi connectivity index (χ0v) is 21.2. The van der Waals surface area contributed by atoms with Crippen molar-refractivity contribution in [2.45, 2.75) is 25.1 Å². The molecule has 4 N–H and O–H groups in total. The number of halogens is 5. The molecule has 3 aromatic rings. The van der Waals surface area contributed by atoms with E-state index in [1.807, 2.05) is 0 Å². The fourth-order valence-corrected chi connectivity index (χ4v) is 3.49. The summed E-state index contributed by atoms with van der Waals surface area (Å²) in [5.41, 5.74) is 0.334. The lowest BCUT2D eigenvalue weighted by Crippen LogP contribution is -2.34. The molecule has 1 saturated heterocycles. The molecule has 0 aliphatic carbocycles. The Hall–Kier alpha value is -4.30. The molecule has 40 heavy (non-hydrogen) atoms. The molecule has 0 bridgehead atoms. The Morgan fingerprint density at radius 1 is 1.02 bits per heavy atom. The van der Waals surface area contributed by atoms with E-state index in [9.17, 15) is 27.2 Å². The highest BCUT2D eigenvalue weighted by molar-refractivity contribution is 6.30. The van der Waals surface area contributed by atoms with Crippen molar-refractivity contribution >= 4 is 40.9 Å². The van der Waals surface area contributed by atoms with Crippen molar-refractivity contribution in [3.63, 3.8) is 0 Å². The molecule has 0 atom stereocenters. The smallest absolute Gasteiger partial charge is 0.489 e. The normalized spacial score (nSPS) is 13.4. The lowest BCUT2D eigenvalue weighted by atomic mass is 10.1. The molecular formula is C25H22ClF4N5O5. The second-order valence-electron chi connectivity index (χ2n) is 8.18. The Labute approximate surface area is 229 Å². The number of rotatable bonds is 6. The zero-order valence-electron chi connectivity index (χ0n) is 20.5. The van der Waals surface area contributed by atoms with Gasteiger partial charge in [0.15, 0.2) is 5.69 Å². The van der Waals surface area contributed by atoms with Crippen LogP contribution in [-0.2, 0) is 4.79 Å². The van der Waals surface area contributed by atoms with Crippen LogP contribution in [-0.4, -0.2) is 58.2 Å². The fraction of sp³-hybridized carbons (Fsp3) is 0.240. The molecule has 0 spiro atoms. The van der Waals surface area contributed by atoms with Crippen LogP contribution in [0.5, 0.6) is 5.75 Å². The molecule has 0 unspecified atom stereocenters. The average Bonchev–Trinajstić information content (AvgIpc) is 2.90. The van der Waals surface area contributed by atoms with Gasteiger partial charge in [-0.25, -0.2) is 19.2 Å². The predicted octanol–water partition coefficient (Wildman–Crippen LogP) is 4.54. The number of alkyl halides is 3. The number of anilines is 2. The zero-order chi connectivity index (χ0) is 29.3. The van der Waals surface area contributed by atoms with Crippen molar-refractivity contribution in [3.8, 4) is 5.75 Å². The molecule has 2 aromatic heterocycles. The maximum atomic E-state index is 13.9. The van der Waals surface area contributed by atoms with Gasteiger partial charge in [-0.3, -0.25) is 9.59 Å². The highest BCUT2D eigenvalue weighted by Gasteiger charge is 2.38. The third-order valence-electron chi connectivity index (χ3n) is 5.25. The first kappa shape index (κ1) is 30.2. The van der Waals surface area contributed by atoms with Crippen molar-refractivity contribution in [2.24, 2.45) is 0 Å². The lowest BCUT2D eigenvalue weighted by Gasteiger charge is -2.25. The van der Waals surface area contributed by atoms with Crippen LogP contribution < -0.4 is 20.7 Å². The minimum Gasteiger partial charge on any atom is -0.489 e. The van der Waals surface area contributed by atoms with E-state index in [-0.39, 0.29) is 34.6 Å². The van der Waals surface area contributed by atoms with E-state index < -0.39 is 29.8 Å². The molecule has 1 aliphatic rings. The van der Waals surface area contributed by atoms with Gasteiger partial charge < -0.3 is 25.8 Å². The molecule has 3 heterocycles. The van der Waals surface area contributed by atoms with E-state index in [1.54, 1.807) is 24.3 Å². The van der Waals surface area contributed by atoms with Crippen LogP contribution in [0.2, 0.25) is 5.02 Å². The minimum atomic E-state index is -5.08. The molecule has 1 fully saturated rings. The van der Waals surface area contributed by atoms with Crippen molar-refractivity contribution < 1.29 is 41.8 Å². The van der Waals surface area contributed by atoms with Crippen LogP contribution in [0.25, 0.3) is 0 Å². The molecule has 15 heteroatoms. The molecule has 0 radical (unpaired) electrons. The first-order valence-electron chi connectivity index (χ1n) is 11.6. The van der Waals surface area contributed by atoms with Crippen LogP contribution in [0.3, 0.4) is 0 Å². The van der Waals surface area contributed by atoms with Crippen LogP contribution in [0.4, 0.5) is 29.1 Å². The van der Waals surface area contributed by atoms with Crippen molar-refractivity contribution in [3.05, 3.63) is 77.0 Å². The van der Waals surface area contributed by atoms with Gasteiger partial charge in [0.1, 0.15) is 23.5 Å². The Morgan fingerprint density at radius 3 is 2.35 bits per heavy atom. The van der Waals surface area contributed by atoms with Gasteiger partial charge in [-0.2, -0.15) is 13.2 Å². The molecule has 10 nitrogen and oxygen atoms in total. The van der Waals surface area contributed by atoms with Gasteiger partial charge in [0.05, 0.1) is 16.3 Å². The maximum Gasteiger partial charge on any atom is 0.490 e. The summed E-state index contributed by atoms with van der Waals surface area (Å²) in [5.74, 6) is -3.94. The number of carbonyl (C=O) groups is 3. The second kappa shape index (κ2) is 13.7. The summed E-state index contributed by atoms with van der Waals surface area (Å²) in [6.07, 6.45) is -0.863. The number of piperidine rings is 1. The lowest BCUT2D eigenvalue weighted by molar-refractivity contribution is -0.192. The van der Waals surface area contributed by atoms with Gasteiger partial charge in [-0.1, -0.05) is 11.6 Å². The standard InChI is InChI=1S/C23H21ClFN5O3.C2HF3O2/c24-14-3-6-20(28-13-14)30-23(32)21-18(2-1-9-27-21)29-22(31)17-5-4-15(25)12-19(17)33-16-7-10-26-11-8-16;3-2(4,5)1(6)7/h1-6,9,12-13,16,26H,7-8,10-11H2,(H,29,31)(H,28,30,32);(H,6,7). The summed E-state index contributed by atoms with van der Waals surface area (Å²) >= 11 is 5.82. The van der Waals surface area contributed by atoms with E-state index >= 15 is 0 Å². The van der Waals surface area contributed by atoms with Crippen LogP contribution in [0, 0.1) is 5.82 Å². The molecule has 1 aliphatic heterocycles. The summed E-state index contributed by atoms with van der Waals surface area (Å²) in [6.45, 7) is 1.58. The van der Waals surface area contributed by atoms with E-state index in [1.165, 1.54) is 30.6 Å². The number of pyridine rings is 2. The summed E-state index contributed by atoms with van der Waals surface area (Å²) in [5, 5.41) is 16.1. The van der Waals surface area contributed by atoms with Gasteiger partial charge in [-0.15, -0.1) is 0 Å². The monoisotopic (exact) mass is 583 g/mol. The van der Waals surface area contributed by atoms with Gasteiger partial charge in [0.2, 0.25) is 0 Å². The van der Waals surface area contributed by atoms with Crippen molar-refractivity contribution in [1.82, 2.24) is 15.3 Å². The molecule has 0 saturated carbocycles. The Kier molecular flexibility index (Phi) is 10.3. The average molecular weight is 584 g/mol. The third-order valence-corrected chi connectivity index (χ3v) is 5.47. The molecule has 212 valence electrons. The van der Waals surface area contributed by atoms with Gasteiger partial charge in [0, 0.05) is 18.5 Å². The van der Waals surface area contributed by atoms with Gasteiger partial charge >= 0.3 is 12.1 Å². The number of benzene rings is 1. The molecule has 4 rings (SSSR count). The van der Waals surface area contributed by atoms with E-state index in [2.05, 4.69) is 25.9 Å². The number of aromatic nitrogens is 2. The summed E-state index contributed by atoms with van der Waals surface area (Å²) < 4.78 is 51.6. The number of nitrogens with zero attached hydrogens (tertiary/aromatic N) is 2. The molecular weight excluding hydrogens is 562 g/mol. The van der Waals surface area contributed by atoms with E-state index in [0.717, 1.165) is 25.9 Å². The van der Waals surface area contributed by atoms with Crippen molar-refractivity contribution in [2.75, 3.05) is 23.7 Å². The van der Waals surface area contributed by atoms with Crippen LogP contribution >= 0.6 is 11.6 Å². The number of nitrogens with one attached hydrogen (secondary N) is 3. The number of carbonyl (C=O) groups excluding carboxylic acids is 2. The van der Waals surface area contributed by atoms with Crippen LogP contribution in [0.15, 0.2) is 54.9 Å². The number of hydrogen-bond acceptors (Lipinski definition) is 7. The first-order valence-corrected chi connectivity index (χ1v) is 12.0. The first-order chi connectivity index (χ1) is 18.9. The number of carboxylic acid groups (broad SMARTS) is 1. The van der Waals surface area contributed by atoms with Gasteiger partial charge in [-0.05, 0) is 62.3 Å². The highest BCUT2D eigenvalue weighted by Crippen LogP contribution is 2.25. The Balaban J connectivity index is 0.000000559. The topological polar surface area (TPSA) is 143 Å². The number of aliphatic carboxylic acids is 1. The summed E-state index contributed by atoms with van der Waals surface area (Å²) in [7, 11) is 0. The largest absolute Gasteiger partial charge is 0.490 e. The second-order valence-corrected chi connectivity index (χ2v) is 8.62. The van der Waals surface area contributed by atoms with Crippen molar-refractivity contribution in [1.29, 1.82) is 0 Å². The SMILES string of the molecule is O=C(Nc1cccnc1C(=O)Nc1ccc(Cl)cn1)c1ccc(F)cc1OC1CCNCC1.O=C(O)C(F)(F)F. The fourth-order valence-electron chi connectivity index (χ4n) is 3.38. The van der Waals surface area contributed by atoms with Gasteiger partial charge in [0.25, 0.3) is 11.8 Å². The molecule has 2 amide bonds. The quantitative estimate of drug-likeness (QED) is 0.310. The summed E-state index contributed by atoms with van der Waals surface area (Å²) in [4.78, 5) is 42.8. The third kappa shape index (κ3) is 8.88.